The van der Waals surface area contributed by atoms with E-state index in [0.29, 0.717) is 12.8 Å². The van der Waals surface area contributed by atoms with Crippen molar-refractivity contribution in [1.29, 1.82) is 0 Å². The molecule has 0 bridgehead atoms. The van der Waals surface area contributed by atoms with Gasteiger partial charge in [-0.1, -0.05) is 29.6 Å². The van der Waals surface area contributed by atoms with Crippen LogP contribution in [0.5, 0.6) is 0 Å². The minimum Gasteiger partial charge on any atom is -0.468 e. The van der Waals surface area contributed by atoms with Gasteiger partial charge in [0.25, 0.3) is 0 Å². The van der Waals surface area contributed by atoms with E-state index in [-0.39, 0.29) is 5.75 Å². The van der Waals surface area contributed by atoms with Gasteiger partial charge in [-0.3, -0.25) is 4.79 Å². The van der Waals surface area contributed by atoms with Crippen molar-refractivity contribution in [2.24, 2.45) is 0 Å². The van der Waals surface area contributed by atoms with Crippen molar-refractivity contribution in [3.8, 4) is 0 Å². The van der Waals surface area contributed by atoms with E-state index in [1.807, 2.05) is 16.9 Å². The van der Waals surface area contributed by atoms with E-state index in [1.54, 1.807) is 23.5 Å². The summed E-state index contributed by atoms with van der Waals surface area (Å²) in [5.41, 5.74) is 0. The van der Waals surface area contributed by atoms with Crippen LogP contribution in [0.25, 0.3) is 0 Å². The topological polar surface area (TPSA) is 60.4 Å². The summed E-state index contributed by atoms with van der Waals surface area (Å²) < 4.78 is 28.4. The molecule has 1 heterocycles. The number of hydrogen-bond acceptors (Lipinski definition) is 6. The molecule has 0 amide bonds. The van der Waals surface area contributed by atoms with Crippen LogP contribution in [-0.4, -0.2) is 33.0 Å². The SMILES string of the molecule is COC(=O)CS(=O)(=O)CCCC=C1SC=CS1. The molecule has 0 fully saturated rings. The highest BCUT2D eigenvalue weighted by molar-refractivity contribution is 8.27. The van der Waals surface area contributed by atoms with Crippen LogP contribution in [0.15, 0.2) is 21.1 Å². The maximum absolute atomic E-state index is 11.5. The fourth-order valence-corrected chi connectivity index (χ4v) is 4.07. The summed E-state index contributed by atoms with van der Waals surface area (Å²) in [6.07, 6.45) is 3.25. The van der Waals surface area contributed by atoms with Gasteiger partial charge >= 0.3 is 5.97 Å². The van der Waals surface area contributed by atoms with Crippen molar-refractivity contribution >= 4 is 39.3 Å². The molecule has 0 aromatic rings. The van der Waals surface area contributed by atoms with Gasteiger partial charge in [-0.05, 0) is 23.7 Å². The quantitative estimate of drug-likeness (QED) is 0.552. The molecular weight excluding hydrogens is 280 g/mol. The lowest BCUT2D eigenvalue weighted by molar-refractivity contribution is -0.137. The molecule has 0 N–H and O–H groups in total. The average Bonchev–Trinajstić information content (AvgIpc) is 2.76. The van der Waals surface area contributed by atoms with Gasteiger partial charge < -0.3 is 4.74 Å². The van der Waals surface area contributed by atoms with Gasteiger partial charge in [0.2, 0.25) is 0 Å². The van der Waals surface area contributed by atoms with Crippen LogP contribution >= 0.6 is 23.5 Å². The van der Waals surface area contributed by atoms with Crippen LogP contribution in [-0.2, 0) is 19.4 Å². The van der Waals surface area contributed by atoms with E-state index >= 15 is 0 Å². The molecule has 0 unspecified atom stereocenters. The second kappa shape index (κ2) is 7.13. The minimum absolute atomic E-state index is 0.0225. The van der Waals surface area contributed by atoms with Gasteiger partial charge in [-0.25, -0.2) is 8.42 Å². The van der Waals surface area contributed by atoms with Crippen LogP contribution < -0.4 is 0 Å². The second-order valence-corrected chi connectivity index (χ2v) is 7.68. The molecular formula is C10H14O4S3. The molecule has 0 spiro atoms. The van der Waals surface area contributed by atoms with Crippen LogP contribution in [0, 0.1) is 0 Å². The number of hydrogen-bond donors (Lipinski definition) is 0. The molecule has 0 aromatic carbocycles. The van der Waals surface area contributed by atoms with Crippen molar-refractivity contribution < 1.29 is 17.9 Å². The molecule has 0 atom stereocenters. The molecule has 0 saturated heterocycles. The first kappa shape index (κ1) is 14.7. The molecule has 1 rings (SSSR count). The highest BCUT2D eigenvalue weighted by atomic mass is 32.2. The van der Waals surface area contributed by atoms with Crippen molar-refractivity contribution in [2.45, 2.75) is 12.8 Å². The van der Waals surface area contributed by atoms with Crippen molar-refractivity contribution in [3.05, 3.63) is 21.1 Å². The number of methoxy groups -OCH3 is 1. The predicted molar refractivity (Wildman–Crippen MR) is 72.3 cm³/mol. The van der Waals surface area contributed by atoms with Gasteiger partial charge in [-0.2, -0.15) is 0 Å². The minimum atomic E-state index is -3.32. The van der Waals surface area contributed by atoms with Gasteiger partial charge in [0.15, 0.2) is 9.84 Å². The average molecular weight is 294 g/mol. The van der Waals surface area contributed by atoms with Gasteiger partial charge in [0, 0.05) is 4.24 Å². The number of carbonyl (C=O) groups excluding carboxylic acids is 1. The Balaban J connectivity index is 2.25. The van der Waals surface area contributed by atoms with Crippen LogP contribution in [0.4, 0.5) is 0 Å². The Morgan fingerprint density at radius 1 is 1.41 bits per heavy atom. The standard InChI is InChI=1S/C10H14O4S3/c1-14-9(11)8-17(12,13)7-3-2-4-10-15-5-6-16-10/h4-6H,2-3,7-8H2,1H3. The van der Waals surface area contributed by atoms with E-state index in [1.165, 1.54) is 11.3 Å². The number of allylic oxidation sites excluding steroid dienone is 1. The number of thioether (sulfide) groups is 2. The third-order valence-corrected chi connectivity index (χ3v) is 5.64. The summed E-state index contributed by atoms with van der Waals surface area (Å²) in [7, 11) is -2.14. The first-order valence-electron chi connectivity index (χ1n) is 4.99. The van der Waals surface area contributed by atoms with E-state index < -0.39 is 21.6 Å². The number of sulfone groups is 1. The third kappa shape index (κ3) is 6.18. The number of unbranched alkanes of at least 4 members (excludes halogenated alkanes) is 1. The Morgan fingerprint density at radius 3 is 2.65 bits per heavy atom. The van der Waals surface area contributed by atoms with E-state index in [2.05, 4.69) is 4.74 Å². The summed E-state index contributed by atoms with van der Waals surface area (Å²) in [4.78, 5) is 10.8. The van der Waals surface area contributed by atoms with Gasteiger partial charge in [0.05, 0.1) is 12.9 Å². The van der Waals surface area contributed by atoms with E-state index in [0.717, 1.165) is 0 Å². The van der Waals surface area contributed by atoms with Crippen LogP contribution in [0.2, 0.25) is 0 Å². The summed E-state index contributed by atoms with van der Waals surface area (Å²) in [6, 6.07) is 0. The molecule has 17 heavy (non-hydrogen) atoms. The van der Waals surface area contributed by atoms with Crippen LogP contribution in [0.1, 0.15) is 12.8 Å². The molecule has 0 saturated carbocycles. The number of rotatable bonds is 6. The molecule has 7 heteroatoms. The van der Waals surface area contributed by atoms with E-state index in [4.69, 9.17) is 0 Å². The highest BCUT2D eigenvalue weighted by Crippen LogP contribution is 2.37. The predicted octanol–water partition coefficient (Wildman–Crippen LogP) is 2.15. The summed E-state index contributed by atoms with van der Waals surface area (Å²) >= 11 is 3.27. The number of esters is 1. The summed E-state index contributed by atoms with van der Waals surface area (Å²) in [6.45, 7) is 0. The fourth-order valence-electron chi connectivity index (χ4n) is 1.15. The normalized spacial score (nSPS) is 15.0. The Labute approximate surface area is 110 Å². The molecule has 0 aromatic heterocycles. The highest BCUT2D eigenvalue weighted by Gasteiger charge is 2.16. The maximum Gasteiger partial charge on any atom is 0.320 e. The zero-order valence-electron chi connectivity index (χ0n) is 9.42. The first-order valence-corrected chi connectivity index (χ1v) is 8.57. The van der Waals surface area contributed by atoms with Gasteiger partial charge in [0.1, 0.15) is 5.75 Å². The number of carbonyl (C=O) groups is 1. The van der Waals surface area contributed by atoms with Crippen molar-refractivity contribution in [1.82, 2.24) is 0 Å². The zero-order valence-corrected chi connectivity index (χ0v) is 11.9. The second-order valence-electron chi connectivity index (χ2n) is 3.34. The Kier molecular flexibility index (Phi) is 6.15. The molecule has 0 radical (unpaired) electrons. The smallest absolute Gasteiger partial charge is 0.320 e. The Hall–Kier alpha value is -0.400. The molecule has 1 aliphatic rings. The fraction of sp³-hybridized carbons (Fsp3) is 0.500. The lowest BCUT2D eigenvalue weighted by Crippen LogP contribution is -2.19. The Morgan fingerprint density at radius 2 is 2.06 bits per heavy atom. The lowest BCUT2D eigenvalue weighted by Gasteiger charge is -2.01. The zero-order chi connectivity index (χ0) is 12.7. The summed E-state index contributed by atoms with van der Waals surface area (Å²) in [5.74, 6) is -1.20. The number of ether oxygens (including phenoxy) is 1. The largest absolute Gasteiger partial charge is 0.468 e. The molecule has 96 valence electrons. The van der Waals surface area contributed by atoms with Crippen molar-refractivity contribution in [2.75, 3.05) is 18.6 Å². The molecule has 0 aliphatic carbocycles. The lowest BCUT2D eigenvalue weighted by atomic mass is 10.3. The maximum atomic E-state index is 11.5. The summed E-state index contributed by atoms with van der Waals surface area (Å²) in [5, 5.41) is 3.98. The first-order chi connectivity index (χ1) is 8.03. The Bertz CT molecular complexity index is 413. The van der Waals surface area contributed by atoms with Crippen molar-refractivity contribution in [3.63, 3.8) is 0 Å². The molecule has 1 aliphatic heterocycles. The third-order valence-electron chi connectivity index (χ3n) is 1.96. The van der Waals surface area contributed by atoms with Crippen LogP contribution in [0.3, 0.4) is 0 Å². The van der Waals surface area contributed by atoms with E-state index in [9.17, 15) is 13.2 Å². The monoisotopic (exact) mass is 294 g/mol. The van der Waals surface area contributed by atoms with Gasteiger partial charge in [-0.15, -0.1) is 0 Å². The molecule has 4 nitrogen and oxygen atoms in total.